The van der Waals surface area contributed by atoms with Crippen LogP contribution in [0, 0.1) is 13.8 Å². The van der Waals surface area contributed by atoms with E-state index in [-0.39, 0.29) is 5.91 Å². The first-order valence-electron chi connectivity index (χ1n) is 5.89. The summed E-state index contributed by atoms with van der Waals surface area (Å²) in [6.45, 7) is 3.72. The SMILES string of the molecule is Cc1ccc(NC(=O)CCc2nnc(C)o2)c(Br)c1. The average Bonchev–Trinajstić information content (AvgIpc) is 2.76. The predicted octanol–water partition coefficient (Wildman–Crippen LogP) is 3.02. The maximum absolute atomic E-state index is 11.8. The van der Waals surface area contributed by atoms with Crippen molar-refractivity contribution in [2.45, 2.75) is 26.7 Å². The lowest BCUT2D eigenvalue weighted by Gasteiger charge is -2.07. The summed E-state index contributed by atoms with van der Waals surface area (Å²) >= 11 is 3.42. The summed E-state index contributed by atoms with van der Waals surface area (Å²) in [5.74, 6) is 0.910. The highest BCUT2D eigenvalue weighted by Crippen LogP contribution is 2.23. The maximum atomic E-state index is 11.8. The minimum absolute atomic E-state index is 0.0830. The lowest BCUT2D eigenvalue weighted by molar-refractivity contribution is -0.116. The zero-order chi connectivity index (χ0) is 13.8. The third-order valence-corrected chi connectivity index (χ3v) is 3.19. The van der Waals surface area contributed by atoms with Gasteiger partial charge < -0.3 is 9.73 Å². The Kier molecular flexibility index (Phi) is 4.31. The van der Waals surface area contributed by atoms with Crippen LogP contribution in [0.4, 0.5) is 5.69 Å². The molecular weight excluding hydrogens is 310 g/mol. The van der Waals surface area contributed by atoms with E-state index in [0.717, 1.165) is 15.7 Å². The number of carbonyl (C=O) groups excluding carboxylic acids is 1. The van der Waals surface area contributed by atoms with E-state index in [1.807, 2.05) is 25.1 Å². The summed E-state index contributed by atoms with van der Waals surface area (Å²) in [5, 5.41) is 10.4. The second kappa shape index (κ2) is 5.97. The average molecular weight is 324 g/mol. The largest absolute Gasteiger partial charge is 0.426 e. The maximum Gasteiger partial charge on any atom is 0.224 e. The van der Waals surface area contributed by atoms with Gasteiger partial charge in [-0.1, -0.05) is 6.07 Å². The number of amides is 1. The standard InChI is InChI=1S/C13H14BrN3O2/c1-8-3-4-11(10(14)7-8)15-12(18)5-6-13-17-16-9(2)19-13/h3-4,7H,5-6H2,1-2H3,(H,15,18). The Morgan fingerprint density at radius 1 is 1.37 bits per heavy atom. The van der Waals surface area contributed by atoms with Crippen molar-refractivity contribution in [3.63, 3.8) is 0 Å². The highest BCUT2D eigenvalue weighted by Gasteiger charge is 2.09. The van der Waals surface area contributed by atoms with Crippen molar-refractivity contribution in [2.75, 3.05) is 5.32 Å². The minimum Gasteiger partial charge on any atom is -0.426 e. The van der Waals surface area contributed by atoms with E-state index >= 15 is 0 Å². The Bertz CT molecular complexity index is 595. The molecule has 1 aromatic carbocycles. The molecule has 1 aromatic heterocycles. The molecular formula is C13H14BrN3O2. The molecule has 2 aromatic rings. The summed E-state index contributed by atoms with van der Waals surface area (Å²) in [5.41, 5.74) is 1.89. The molecule has 0 radical (unpaired) electrons. The molecule has 0 atom stereocenters. The van der Waals surface area contributed by atoms with Crippen molar-refractivity contribution in [1.29, 1.82) is 0 Å². The fraction of sp³-hybridized carbons (Fsp3) is 0.308. The molecule has 1 N–H and O–H groups in total. The van der Waals surface area contributed by atoms with Crippen molar-refractivity contribution < 1.29 is 9.21 Å². The number of carbonyl (C=O) groups is 1. The van der Waals surface area contributed by atoms with E-state index in [0.29, 0.717) is 24.6 Å². The van der Waals surface area contributed by atoms with Crippen LogP contribution in [-0.4, -0.2) is 16.1 Å². The molecule has 0 saturated carbocycles. The molecule has 0 unspecified atom stereocenters. The van der Waals surface area contributed by atoms with Gasteiger partial charge in [0.15, 0.2) is 0 Å². The van der Waals surface area contributed by atoms with Gasteiger partial charge in [-0.2, -0.15) is 0 Å². The molecule has 0 spiro atoms. The first kappa shape index (κ1) is 13.7. The number of halogens is 1. The lowest BCUT2D eigenvalue weighted by atomic mass is 10.2. The summed E-state index contributed by atoms with van der Waals surface area (Å²) in [6.07, 6.45) is 0.748. The zero-order valence-corrected chi connectivity index (χ0v) is 12.3. The number of benzene rings is 1. The normalized spacial score (nSPS) is 10.5. The van der Waals surface area contributed by atoms with Crippen LogP contribution in [0.1, 0.15) is 23.8 Å². The van der Waals surface area contributed by atoms with Crippen LogP contribution in [-0.2, 0) is 11.2 Å². The molecule has 1 heterocycles. The third-order valence-electron chi connectivity index (χ3n) is 2.53. The first-order chi connectivity index (χ1) is 9.04. The lowest BCUT2D eigenvalue weighted by Crippen LogP contribution is -2.12. The van der Waals surface area contributed by atoms with E-state index in [1.54, 1.807) is 6.92 Å². The molecule has 0 bridgehead atoms. The summed E-state index contributed by atoms with van der Waals surface area (Å²) < 4.78 is 6.08. The number of nitrogens with one attached hydrogen (secondary N) is 1. The van der Waals surface area contributed by atoms with E-state index in [2.05, 4.69) is 31.4 Å². The number of hydrogen-bond donors (Lipinski definition) is 1. The second-order valence-electron chi connectivity index (χ2n) is 4.25. The second-order valence-corrected chi connectivity index (χ2v) is 5.10. The van der Waals surface area contributed by atoms with Crippen molar-refractivity contribution in [2.24, 2.45) is 0 Å². The van der Waals surface area contributed by atoms with Crippen LogP contribution < -0.4 is 5.32 Å². The Labute approximate surface area is 119 Å². The Hall–Kier alpha value is -1.69. The highest BCUT2D eigenvalue weighted by atomic mass is 79.9. The van der Waals surface area contributed by atoms with Gasteiger partial charge in [-0.15, -0.1) is 10.2 Å². The summed E-state index contributed by atoms with van der Waals surface area (Å²) in [4.78, 5) is 11.8. The molecule has 0 aliphatic rings. The summed E-state index contributed by atoms with van der Waals surface area (Å²) in [6, 6.07) is 5.77. The van der Waals surface area contributed by atoms with Crippen molar-refractivity contribution in [3.05, 3.63) is 40.0 Å². The minimum atomic E-state index is -0.0830. The van der Waals surface area contributed by atoms with E-state index in [1.165, 1.54) is 0 Å². The molecule has 2 rings (SSSR count). The monoisotopic (exact) mass is 323 g/mol. The number of aryl methyl sites for hydroxylation is 3. The Morgan fingerprint density at radius 3 is 2.79 bits per heavy atom. The van der Waals surface area contributed by atoms with Crippen LogP contribution in [0.2, 0.25) is 0 Å². The quantitative estimate of drug-likeness (QED) is 0.939. The number of hydrogen-bond acceptors (Lipinski definition) is 4. The Balaban J connectivity index is 1.90. The molecule has 0 fully saturated rings. The topological polar surface area (TPSA) is 68.0 Å². The number of nitrogens with zero attached hydrogens (tertiary/aromatic N) is 2. The zero-order valence-electron chi connectivity index (χ0n) is 10.7. The van der Waals surface area contributed by atoms with Gasteiger partial charge in [0.2, 0.25) is 17.7 Å². The van der Waals surface area contributed by atoms with Crippen LogP contribution in [0.15, 0.2) is 27.1 Å². The molecule has 0 aliphatic heterocycles. The van der Waals surface area contributed by atoms with E-state index < -0.39 is 0 Å². The third kappa shape index (κ3) is 3.89. The predicted molar refractivity (Wildman–Crippen MR) is 74.9 cm³/mol. The smallest absolute Gasteiger partial charge is 0.224 e. The van der Waals surface area contributed by atoms with Crippen LogP contribution in [0.25, 0.3) is 0 Å². The van der Waals surface area contributed by atoms with Gasteiger partial charge in [0.25, 0.3) is 0 Å². The van der Waals surface area contributed by atoms with Gasteiger partial charge in [-0.3, -0.25) is 4.79 Å². The van der Waals surface area contributed by atoms with Gasteiger partial charge in [0.05, 0.1) is 5.69 Å². The van der Waals surface area contributed by atoms with Crippen molar-refractivity contribution in [3.8, 4) is 0 Å². The van der Waals surface area contributed by atoms with Crippen molar-refractivity contribution >= 4 is 27.5 Å². The molecule has 19 heavy (non-hydrogen) atoms. The number of aromatic nitrogens is 2. The Morgan fingerprint density at radius 2 is 2.16 bits per heavy atom. The number of rotatable bonds is 4. The van der Waals surface area contributed by atoms with Crippen LogP contribution in [0.3, 0.4) is 0 Å². The summed E-state index contributed by atoms with van der Waals surface area (Å²) in [7, 11) is 0. The van der Waals surface area contributed by atoms with Gasteiger partial charge in [0, 0.05) is 24.2 Å². The first-order valence-corrected chi connectivity index (χ1v) is 6.69. The molecule has 0 saturated heterocycles. The van der Waals surface area contributed by atoms with Crippen LogP contribution in [0.5, 0.6) is 0 Å². The van der Waals surface area contributed by atoms with E-state index in [9.17, 15) is 4.79 Å². The fourth-order valence-electron chi connectivity index (χ4n) is 1.59. The fourth-order valence-corrected chi connectivity index (χ4v) is 2.19. The van der Waals surface area contributed by atoms with Gasteiger partial charge >= 0.3 is 0 Å². The van der Waals surface area contributed by atoms with Crippen LogP contribution >= 0.6 is 15.9 Å². The highest BCUT2D eigenvalue weighted by molar-refractivity contribution is 9.10. The number of anilines is 1. The molecule has 5 nitrogen and oxygen atoms in total. The molecule has 1 amide bonds. The van der Waals surface area contributed by atoms with Gasteiger partial charge in [-0.05, 0) is 40.5 Å². The van der Waals surface area contributed by atoms with Gasteiger partial charge in [-0.25, -0.2) is 0 Å². The van der Waals surface area contributed by atoms with Crippen molar-refractivity contribution in [1.82, 2.24) is 10.2 Å². The van der Waals surface area contributed by atoms with E-state index in [4.69, 9.17) is 4.42 Å². The van der Waals surface area contributed by atoms with Gasteiger partial charge in [0.1, 0.15) is 0 Å². The molecule has 0 aliphatic carbocycles. The molecule has 6 heteroatoms. The molecule has 100 valence electrons.